The lowest BCUT2D eigenvalue weighted by atomic mass is 10.1. The van der Waals surface area contributed by atoms with Crippen LogP contribution in [0.1, 0.15) is 12.8 Å². The predicted octanol–water partition coefficient (Wildman–Crippen LogP) is -1.94. The van der Waals surface area contributed by atoms with Crippen molar-refractivity contribution in [3.63, 3.8) is 0 Å². The molecule has 0 aliphatic carbocycles. The summed E-state index contributed by atoms with van der Waals surface area (Å²) < 4.78 is 4.94. The quantitative estimate of drug-likeness (QED) is 0.188. The Bertz CT molecular complexity index is 239. The second kappa shape index (κ2) is 6.20. The van der Waals surface area contributed by atoms with E-state index in [2.05, 4.69) is 15.8 Å². The lowest BCUT2D eigenvalue weighted by molar-refractivity contribution is -0.144. The maximum atomic E-state index is 11.3. The lowest BCUT2D eigenvalue weighted by Gasteiger charge is -2.12. The highest BCUT2D eigenvalue weighted by atomic mass is 16.5. The van der Waals surface area contributed by atoms with Crippen molar-refractivity contribution in [2.45, 2.75) is 18.9 Å². The first-order chi connectivity index (χ1) is 7.20. The molecular weight excluding hydrogens is 198 g/mol. The summed E-state index contributed by atoms with van der Waals surface area (Å²) in [5.41, 5.74) is 16.1. The molecule has 0 bridgehead atoms. The van der Waals surface area contributed by atoms with Gasteiger partial charge in [-0.25, -0.2) is 5.43 Å². The van der Waals surface area contributed by atoms with Crippen molar-refractivity contribution in [2.24, 2.45) is 16.5 Å². The standard InChI is InChI=1S/C8H17N5O2/c9-8(10)11-3-1-2-6-7(14)15-5-4-12-13-6/h6,12-13H,1-5H2,(H4,9,10,11). The van der Waals surface area contributed by atoms with Gasteiger partial charge in [0.25, 0.3) is 0 Å². The minimum absolute atomic E-state index is 0.0736. The zero-order valence-electron chi connectivity index (χ0n) is 8.53. The van der Waals surface area contributed by atoms with E-state index in [-0.39, 0.29) is 18.0 Å². The molecule has 1 saturated heterocycles. The molecule has 7 nitrogen and oxygen atoms in total. The van der Waals surface area contributed by atoms with Crippen molar-refractivity contribution in [1.82, 2.24) is 10.9 Å². The Labute approximate surface area is 88.2 Å². The summed E-state index contributed by atoms with van der Waals surface area (Å²) >= 11 is 0. The van der Waals surface area contributed by atoms with Crippen molar-refractivity contribution >= 4 is 11.9 Å². The molecule has 6 N–H and O–H groups in total. The third kappa shape index (κ3) is 4.61. The summed E-state index contributed by atoms with van der Waals surface area (Å²) in [7, 11) is 0. The fourth-order valence-corrected chi connectivity index (χ4v) is 1.25. The number of cyclic esters (lactones) is 1. The fraction of sp³-hybridized carbons (Fsp3) is 0.750. The lowest BCUT2D eigenvalue weighted by Crippen LogP contribution is -2.43. The maximum absolute atomic E-state index is 11.3. The number of hydrazine groups is 1. The fourth-order valence-electron chi connectivity index (χ4n) is 1.25. The Morgan fingerprint density at radius 1 is 1.60 bits per heavy atom. The number of aliphatic imine (C=N–C) groups is 1. The van der Waals surface area contributed by atoms with Gasteiger partial charge in [-0.15, -0.1) is 0 Å². The van der Waals surface area contributed by atoms with Crippen LogP contribution in [0.15, 0.2) is 4.99 Å². The molecule has 7 heteroatoms. The van der Waals surface area contributed by atoms with E-state index in [1.165, 1.54) is 0 Å². The summed E-state index contributed by atoms with van der Waals surface area (Å²) in [4.78, 5) is 15.2. The number of nitrogens with one attached hydrogen (secondary N) is 2. The van der Waals surface area contributed by atoms with Gasteiger partial charge in [0, 0.05) is 13.1 Å². The first-order valence-electron chi connectivity index (χ1n) is 4.90. The zero-order valence-corrected chi connectivity index (χ0v) is 8.53. The number of nitrogens with two attached hydrogens (primary N) is 2. The van der Waals surface area contributed by atoms with Gasteiger partial charge >= 0.3 is 5.97 Å². The molecule has 0 aromatic carbocycles. The second-order valence-electron chi connectivity index (χ2n) is 3.24. The van der Waals surface area contributed by atoms with Crippen molar-refractivity contribution < 1.29 is 9.53 Å². The van der Waals surface area contributed by atoms with Gasteiger partial charge in [-0.1, -0.05) is 0 Å². The number of hydrogen-bond donors (Lipinski definition) is 4. The second-order valence-corrected chi connectivity index (χ2v) is 3.24. The van der Waals surface area contributed by atoms with E-state index in [0.717, 1.165) is 6.42 Å². The van der Waals surface area contributed by atoms with E-state index in [4.69, 9.17) is 16.2 Å². The third-order valence-corrected chi connectivity index (χ3v) is 1.98. The predicted molar refractivity (Wildman–Crippen MR) is 55.8 cm³/mol. The van der Waals surface area contributed by atoms with Crippen LogP contribution in [-0.2, 0) is 9.53 Å². The van der Waals surface area contributed by atoms with E-state index in [1.807, 2.05) is 0 Å². The first-order valence-corrected chi connectivity index (χ1v) is 4.90. The third-order valence-electron chi connectivity index (χ3n) is 1.98. The molecule has 1 rings (SSSR count). The number of nitrogens with zero attached hydrogens (tertiary/aromatic N) is 1. The van der Waals surface area contributed by atoms with E-state index >= 15 is 0 Å². The van der Waals surface area contributed by atoms with Gasteiger partial charge in [0.2, 0.25) is 0 Å². The van der Waals surface area contributed by atoms with Gasteiger partial charge in [-0.3, -0.25) is 15.2 Å². The normalized spacial score (nSPS) is 21.6. The Kier molecular flexibility index (Phi) is 4.85. The highest BCUT2D eigenvalue weighted by molar-refractivity contribution is 5.76. The molecule has 1 unspecified atom stereocenters. The average Bonchev–Trinajstić information content (AvgIpc) is 2.38. The van der Waals surface area contributed by atoms with Crippen LogP contribution in [-0.4, -0.2) is 37.7 Å². The molecule has 1 aliphatic rings. The first kappa shape index (κ1) is 11.7. The highest BCUT2D eigenvalue weighted by Crippen LogP contribution is 2.01. The van der Waals surface area contributed by atoms with Crippen LogP contribution in [0.2, 0.25) is 0 Å². The minimum atomic E-state index is -0.318. The molecule has 1 aliphatic heterocycles. The number of guanidine groups is 1. The molecule has 0 radical (unpaired) electrons. The van der Waals surface area contributed by atoms with Gasteiger partial charge < -0.3 is 16.2 Å². The summed E-state index contributed by atoms with van der Waals surface area (Å²) in [6.07, 6.45) is 1.37. The van der Waals surface area contributed by atoms with Crippen LogP contribution in [0.3, 0.4) is 0 Å². The van der Waals surface area contributed by atoms with Gasteiger partial charge in [-0.05, 0) is 12.8 Å². The summed E-state index contributed by atoms with van der Waals surface area (Å²) in [5.74, 6) is -0.158. The number of carbonyl (C=O) groups excluding carboxylic acids is 1. The van der Waals surface area contributed by atoms with Crippen molar-refractivity contribution in [3.8, 4) is 0 Å². The molecule has 1 heterocycles. The molecule has 1 fully saturated rings. The molecule has 0 spiro atoms. The number of esters is 1. The van der Waals surface area contributed by atoms with E-state index < -0.39 is 0 Å². The number of rotatable bonds is 4. The molecule has 15 heavy (non-hydrogen) atoms. The van der Waals surface area contributed by atoms with Gasteiger partial charge in [0.15, 0.2) is 5.96 Å². The summed E-state index contributed by atoms with van der Waals surface area (Å²) in [6, 6.07) is -0.318. The molecule has 0 aromatic heterocycles. The van der Waals surface area contributed by atoms with Crippen LogP contribution < -0.4 is 22.3 Å². The minimum Gasteiger partial charge on any atom is -0.463 e. The Morgan fingerprint density at radius 2 is 2.40 bits per heavy atom. The Morgan fingerprint density at radius 3 is 3.13 bits per heavy atom. The highest BCUT2D eigenvalue weighted by Gasteiger charge is 2.20. The average molecular weight is 215 g/mol. The van der Waals surface area contributed by atoms with Gasteiger partial charge in [0.05, 0.1) is 0 Å². The molecule has 0 saturated carbocycles. The molecule has 1 atom stereocenters. The number of hydrogen-bond acceptors (Lipinski definition) is 5. The van der Waals surface area contributed by atoms with Crippen molar-refractivity contribution in [2.75, 3.05) is 19.7 Å². The van der Waals surface area contributed by atoms with Gasteiger partial charge in [0.1, 0.15) is 12.6 Å². The zero-order chi connectivity index (χ0) is 11.1. The SMILES string of the molecule is NC(N)=NCCCC1NNCCOC1=O. The van der Waals surface area contributed by atoms with Crippen molar-refractivity contribution in [3.05, 3.63) is 0 Å². The Balaban J connectivity index is 2.23. The molecule has 0 amide bonds. The summed E-state index contributed by atoms with van der Waals surface area (Å²) in [6.45, 7) is 1.54. The van der Waals surface area contributed by atoms with Crippen LogP contribution in [0.5, 0.6) is 0 Å². The molecular formula is C8H17N5O2. The molecule has 0 aromatic rings. The van der Waals surface area contributed by atoms with Crippen LogP contribution >= 0.6 is 0 Å². The van der Waals surface area contributed by atoms with E-state index in [0.29, 0.717) is 26.1 Å². The van der Waals surface area contributed by atoms with E-state index in [9.17, 15) is 4.79 Å². The Hall–Kier alpha value is -1.34. The van der Waals surface area contributed by atoms with E-state index in [1.54, 1.807) is 0 Å². The smallest absolute Gasteiger partial charge is 0.324 e. The topological polar surface area (TPSA) is 115 Å². The number of carbonyl (C=O) groups is 1. The monoisotopic (exact) mass is 215 g/mol. The van der Waals surface area contributed by atoms with Gasteiger partial charge in [-0.2, -0.15) is 0 Å². The van der Waals surface area contributed by atoms with Crippen LogP contribution in [0.25, 0.3) is 0 Å². The van der Waals surface area contributed by atoms with Crippen LogP contribution in [0, 0.1) is 0 Å². The largest absolute Gasteiger partial charge is 0.463 e. The van der Waals surface area contributed by atoms with Crippen molar-refractivity contribution in [1.29, 1.82) is 0 Å². The summed E-state index contributed by atoms with van der Waals surface area (Å²) in [5, 5.41) is 0. The number of ether oxygens (including phenoxy) is 1. The molecule has 86 valence electrons. The van der Waals surface area contributed by atoms with Crippen LogP contribution in [0.4, 0.5) is 0 Å². The maximum Gasteiger partial charge on any atom is 0.324 e.